The predicted molar refractivity (Wildman–Crippen MR) is 102 cm³/mol. The molecule has 4 aromatic rings. The molecule has 4 rings (SSSR count). The summed E-state index contributed by atoms with van der Waals surface area (Å²) in [4.78, 5) is 25.3. The van der Waals surface area contributed by atoms with Gasteiger partial charge in [0.1, 0.15) is 23.2 Å². The number of imidazole rings is 1. The van der Waals surface area contributed by atoms with Gasteiger partial charge in [0.25, 0.3) is 5.91 Å². The number of carbonyl (C=O) groups excluding carboxylic acids is 1. The van der Waals surface area contributed by atoms with Gasteiger partial charge >= 0.3 is 0 Å². The second-order valence-corrected chi connectivity index (χ2v) is 6.35. The molecule has 1 aromatic carbocycles. The van der Waals surface area contributed by atoms with Gasteiger partial charge in [0.05, 0.1) is 18.1 Å². The zero-order valence-electron chi connectivity index (χ0n) is 13.9. The molecule has 0 aliphatic carbocycles. The lowest BCUT2D eigenvalue weighted by Gasteiger charge is -2.07. The molecule has 130 valence electrons. The summed E-state index contributed by atoms with van der Waals surface area (Å²) in [6.07, 6.45) is 4.69. The van der Waals surface area contributed by atoms with Gasteiger partial charge in [0.15, 0.2) is 5.13 Å². The number of pyridine rings is 1. The number of thiazole rings is 1. The number of carbonyl (C=O) groups is 1. The fraction of sp³-hybridized carbons (Fsp3) is 0. The third-order valence-corrected chi connectivity index (χ3v) is 4.56. The first kappa shape index (κ1) is 16.6. The number of benzene rings is 1. The van der Waals surface area contributed by atoms with Crippen LogP contribution >= 0.6 is 11.3 Å². The van der Waals surface area contributed by atoms with Gasteiger partial charge in [-0.05, 0) is 24.3 Å². The Hall–Kier alpha value is -3.83. The summed E-state index contributed by atoms with van der Waals surface area (Å²) in [5.41, 5.74) is 2.71. The Balaban J connectivity index is 1.58. The maximum atomic E-state index is 12.7. The zero-order valence-corrected chi connectivity index (χ0v) is 14.7. The monoisotopic (exact) mass is 372 g/mol. The Labute approximate surface area is 158 Å². The maximum absolute atomic E-state index is 12.7. The van der Waals surface area contributed by atoms with Gasteiger partial charge in [-0.25, -0.2) is 9.97 Å². The van der Waals surface area contributed by atoms with E-state index in [1.807, 2.05) is 30.3 Å². The second-order valence-electron chi connectivity index (χ2n) is 5.49. The minimum absolute atomic E-state index is 0.321. The standard InChI is InChI=1S/C19H12N6OS/c20-9-13-5-4-8-22-17(13)15-11-27-19(23-15)24-18(26)16-10-21-12-25(16)14-6-2-1-3-7-14/h1-8,10-12H,(H,23,24,26). The molecule has 3 heterocycles. The summed E-state index contributed by atoms with van der Waals surface area (Å²) in [5.74, 6) is -0.321. The van der Waals surface area contributed by atoms with E-state index in [1.54, 1.807) is 34.6 Å². The van der Waals surface area contributed by atoms with Crippen molar-refractivity contribution in [2.45, 2.75) is 0 Å². The minimum atomic E-state index is -0.321. The van der Waals surface area contributed by atoms with Crippen LogP contribution in [0.25, 0.3) is 17.1 Å². The Morgan fingerprint density at radius 2 is 2.04 bits per heavy atom. The molecule has 0 saturated carbocycles. The Bertz CT molecular complexity index is 1140. The number of hydrogen-bond donors (Lipinski definition) is 1. The number of amides is 1. The third-order valence-electron chi connectivity index (χ3n) is 3.80. The topological polar surface area (TPSA) is 96.5 Å². The van der Waals surface area contributed by atoms with Crippen LogP contribution in [0.3, 0.4) is 0 Å². The van der Waals surface area contributed by atoms with E-state index in [4.69, 9.17) is 0 Å². The van der Waals surface area contributed by atoms with Crippen molar-refractivity contribution in [1.29, 1.82) is 5.26 Å². The van der Waals surface area contributed by atoms with Crippen LogP contribution in [-0.4, -0.2) is 25.4 Å². The van der Waals surface area contributed by atoms with Gasteiger partial charge in [0.2, 0.25) is 0 Å². The molecular formula is C19H12N6OS. The summed E-state index contributed by atoms with van der Waals surface area (Å²) < 4.78 is 1.70. The van der Waals surface area contributed by atoms with Crippen molar-refractivity contribution in [3.05, 3.63) is 77.8 Å². The average Bonchev–Trinajstić information content (AvgIpc) is 3.38. The maximum Gasteiger partial charge on any atom is 0.276 e. The highest BCUT2D eigenvalue weighted by molar-refractivity contribution is 7.14. The van der Waals surface area contributed by atoms with Gasteiger partial charge < -0.3 is 0 Å². The molecule has 1 N–H and O–H groups in total. The molecule has 0 atom stereocenters. The molecule has 1 amide bonds. The molecule has 0 radical (unpaired) electrons. The molecule has 3 aromatic heterocycles. The van der Waals surface area contributed by atoms with Crippen molar-refractivity contribution in [3.8, 4) is 23.1 Å². The normalized spacial score (nSPS) is 10.3. The van der Waals surface area contributed by atoms with E-state index in [1.165, 1.54) is 17.5 Å². The van der Waals surface area contributed by atoms with Crippen molar-refractivity contribution in [2.75, 3.05) is 5.32 Å². The van der Waals surface area contributed by atoms with Crippen LogP contribution < -0.4 is 5.32 Å². The highest BCUT2D eigenvalue weighted by atomic mass is 32.1. The summed E-state index contributed by atoms with van der Waals surface area (Å²) >= 11 is 1.27. The zero-order chi connectivity index (χ0) is 18.6. The number of hydrogen-bond acceptors (Lipinski definition) is 6. The van der Waals surface area contributed by atoms with Crippen molar-refractivity contribution >= 4 is 22.4 Å². The van der Waals surface area contributed by atoms with Crippen LogP contribution in [0.5, 0.6) is 0 Å². The number of para-hydroxylation sites is 1. The van der Waals surface area contributed by atoms with E-state index in [-0.39, 0.29) is 5.91 Å². The summed E-state index contributed by atoms with van der Waals surface area (Å²) in [6, 6.07) is 14.9. The van der Waals surface area contributed by atoms with E-state index in [2.05, 4.69) is 26.3 Å². The third kappa shape index (κ3) is 3.31. The molecule has 27 heavy (non-hydrogen) atoms. The highest BCUT2D eigenvalue weighted by Crippen LogP contribution is 2.26. The van der Waals surface area contributed by atoms with Crippen LogP contribution in [0, 0.1) is 11.3 Å². The molecule has 0 spiro atoms. The van der Waals surface area contributed by atoms with Gasteiger partial charge in [-0.1, -0.05) is 18.2 Å². The molecule has 0 saturated heterocycles. The van der Waals surface area contributed by atoms with Gasteiger partial charge in [0, 0.05) is 17.3 Å². The lowest BCUT2D eigenvalue weighted by molar-refractivity contribution is 0.102. The average molecular weight is 372 g/mol. The van der Waals surface area contributed by atoms with Crippen LogP contribution in [0.4, 0.5) is 5.13 Å². The number of nitrogens with zero attached hydrogens (tertiary/aromatic N) is 5. The summed E-state index contributed by atoms with van der Waals surface area (Å²) in [5, 5.41) is 14.2. The molecule has 0 unspecified atom stereocenters. The molecule has 0 bridgehead atoms. The lowest BCUT2D eigenvalue weighted by Crippen LogP contribution is -2.15. The number of nitriles is 1. The van der Waals surface area contributed by atoms with Crippen molar-refractivity contribution in [2.24, 2.45) is 0 Å². The molecule has 0 aliphatic heterocycles. The molecule has 0 fully saturated rings. The van der Waals surface area contributed by atoms with Crippen LogP contribution in [-0.2, 0) is 0 Å². The number of nitrogens with one attached hydrogen (secondary N) is 1. The van der Waals surface area contributed by atoms with E-state index < -0.39 is 0 Å². The quantitative estimate of drug-likeness (QED) is 0.591. The molecule has 7 nitrogen and oxygen atoms in total. The van der Waals surface area contributed by atoms with E-state index >= 15 is 0 Å². The first-order chi connectivity index (χ1) is 13.3. The molecule has 0 aliphatic rings. The second kappa shape index (κ2) is 7.19. The Morgan fingerprint density at radius 1 is 1.19 bits per heavy atom. The largest absolute Gasteiger partial charge is 0.296 e. The van der Waals surface area contributed by atoms with Crippen LogP contribution in [0.15, 0.2) is 66.6 Å². The van der Waals surface area contributed by atoms with E-state index in [9.17, 15) is 10.1 Å². The van der Waals surface area contributed by atoms with Crippen LogP contribution in [0.2, 0.25) is 0 Å². The van der Waals surface area contributed by atoms with Crippen LogP contribution in [0.1, 0.15) is 16.1 Å². The predicted octanol–water partition coefficient (Wildman–Crippen LogP) is 3.51. The SMILES string of the molecule is N#Cc1cccnc1-c1csc(NC(=O)c2cncn2-c2ccccc2)n1. The fourth-order valence-corrected chi connectivity index (χ4v) is 3.25. The van der Waals surface area contributed by atoms with Crippen molar-refractivity contribution in [1.82, 2.24) is 19.5 Å². The summed E-state index contributed by atoms with van der Waals surface area (Å²) in [7, 11) is 0. The van der Waals surface area contributed by atoms with Gasteiger partial charge in [-0.2, -0.15) is 5.26 Å². The number of aromatic nitrogens is 4. The fourth-order valence-electron chi connectivity index (χ4n) is 2.56. The molecule has 8 heteroatoms. The Kier molecular flexibility index (Phi) is 4.43. The van der Waals surface area contributed by atoms with Crippen molar-refractivity contribution in [3.63, 3.8) is 0 Å². The lowest BCUT2D eigenvalue weighted by atomic mass is 10.2. The minimum Gasteiger partial charge on any atom is -0.296 e. The van der Waals surface area contributed by atoms with Gasteiger partial charge in [-0.3, -0.25) is 19.7 Å². The Morgan fingerprint density at radius 3 is 2.85 bits per heavy atom. The van der Waals surface area contributed by atoms with Gasteiger partial charge in [-0.15, -0.1) is 11.3 Å². The molecular weight excluding hydrogens is 360 g/mol. The highest BCUT2D eigenvalue weighted by Gasteiger charge is 2.16. The smallest absolute Gasteiger partial charge is 0.276 e. The first-order valence-corrected chi connectivity index (χ1v) is 8.84. The summed E-state index contributed by atoms with van der Waals surface area (Å²) in [6.45, 7) is 0. The van der Waals surface area contributed by atoms with Crippen molar-refractivity contribution < 1.29 is 4.79 Å². The first-order valence-electron chi connectivity index (χ1n) is 7.96. The van der Waals surface area contributed by atoms with E-state index in [0.717, 1.165) is 5.69 Å². The number of rotatable bonds is 4. The number of anilines is 1. The van der Waals surface area contributed by atoms with E-state index in [0.29, 0.717) is 27.8 Å².